The summed E-state index contributed by atoms with van der Waals surface area (Å²) in [6.45, 7) is 1.74. The summed E-state index contributed by atoms with van der Waals surface area (Å²) in [5.74, 6) is 0.752. The molecule has 3 heterocycles. The number of pyridine rings is 1. The van der Waals surface area contributed by atoms with Gasteiger partial charge in [0.15, 0.2) is 0 Å². The van der Waals surface area contributed by atoms with E-state index in [0.717, 1.165) is 23.9 Å². The Bertz CT molecular complexity index is 845. The number of hydrogen-bond donors (Lipinski definition) is 0. The molecule has 0 spiro atoms. The highest BCUT2D eigenvalue weighted by Gasteiger charge is 2.27. The minimum absolute atomic E-state index is 0.00674. The normalized spacial score (nSPS) is 17.3. The van der Waals surface area contributed by atoms with Gasteiger partial charge in [0.1, 0.15) is 12.6 Å². The van der Waals surface area contributed by atoms with Crippen molar-refractivity contribution in [3.8, 4) is 5.88 Å². The van der Waals surface area contributed by atoms with E-state index in [1.54, 1.807) is 0 Å². The molecule has 122 valence electrons. The second-order valence-corrected chi connectivity index (χ2v) is 6.07. The Kier molecular flexibility index (Phi) is 3.91. The first-order chi connectivity index (χ1) is 11.8. The lowest BCUT2D eigenvalue weighted by Crippen LogP contribution is -2.33. The van der Waals surface area contributed by atoms with Crippen LogP contribution in [0.5, 0.6) is 5.88 Å². The van der Waals surface area contributed by atoms with Gasteiger partial charge >= 0.3 is 0 Å². The van der Waals surface area contributed by atoms with Gasteiger partial charge in [0.2, 0.25) is 11.8 Å². The number of likely N-dealkylation sites (tertiary alicyclic amines) is 1. The van der Waals surface area contributed by atoms with Gasteiger partial charge < -0.3 is 14.2 Å². The zero-order valence-electron chi connectivity index (χ0n) is 13.3. The molecule has 5 heteroatoms. The molecule has 0 radical (unpaired) electrons. The van der Waals surface area contributed by atoms with Gasteiger partial charge in [0, 0.05) is 36.8 Å². The predicted octanol–water partition coefficient (Wildman–Crippen LogP) is 2.72. The van der Waals surface area contributed by atoms with Crippen molar-refractivity contribution in [1.82, 2.24) is 14.5 Å². The van der Waals surface area contributed by atoms with Crippen LogP contribution in [0, 0.1) is 0 Å². The number of carbonyl (C=O) groups excluding carboxylic acids is 1. The van der Waals surface area contributed by atoms with Crippen LogP contribution in [0.1, 0.15) is 6.42 Å². The third-order valence-corrected chi connectivity index (χ3v) is 4.34. The molecule has 5 nitrogen and oxygen atoms in total. The highest BCUT2D eigenvalue weighted by Crippen LogP contribution is 2.20. The summed E-state index contributed by atoms with van der Waals surface area (Å²) >= 11 is 0. The third-order valence-electron chi connectivity index (χ3n) is 4.34. The third kappa shape index (κ3) is 3.11. The molecule has 0 unspecified atom stereocenters. The fraction of sp³-hybridized carbons (Fsp3) is 0.263. The van der Waals surface area contributed by atoms with Gasteiger partial charge in [-0.1, -0.05) is 18.2 Å². The number of para-hydroxylation sites is 1. The second kappa shape index (κ2) is 6.35. The molecule has 2 aromatic heterocycles. The van der Waals surface area contributed by atoms with Crippen molar-refractivity contribution in [3.63, 3.8) is 0 Å². The van der Waals surface area contributed by atoms with E-state index < -0.39 is 0 Å². The Morgan fingerprint density at radius 3 is 2.83 bits per heavy atom. The highest BCUT2D eigenvalue weighted by atomic mass is 16.5. The van der Waals surface area contributed by atoms with Crippen molar-refractivity contribution in [2.45, 2.75) is 19.1 Å². The molecule has 1 atom stereocenters. The van der Waals surface area contributed by atoms with Gasteiger partial charge in [-0.15, -0.1) is 0 Å². The minimum Gasteiger partial charge on any atom is -0.472 e. The molecule has 1 saturated heterocycles. The smallest absolute Gasteiger partial charge is 0.242 e. The largest absolute Gasteiger partial charge is 0.472 e. The number of benzene rings is 1. The van der Waals surface area contributed by atoms with E-state index in [0.29, 0.717) is 19.0 Å². The Labute approximate surface area is 140 Å². The Balaban J connectivity index is 1.38. The first-order valence-corrected chi connectivity index (χ1v) is 8.19. The van der Waals surface area contributed by atoms with Crippen LogP contribution in [0.4, 0.5) is 0 Å². The van der Waals surface area contributed by atoms with Crippen LogP contribution >= 0.6 is 0 Å². The summed E-state index contributed by atoms with van der Waals surface area (Å²) in [5, 5.41) is 1.10. The summed E-state index contributed by atoms with van der Waals surface area (Å²) in [6, 6.07) is 15.7. The van der Waals surface area contributed by atoms with Crippen molar-refractivity contribution < 1.29 is 9.53 Å². The summed E-state index contributed by atoms with van der Waals surface area (Å²) in [6.07, 6.45) is 4.65. The lowest BCUT2D eigenvalue weighted by atomic mass is 10.2. The number of carbonyl (C=O) groups is 1. The van der Waals surface area contributed by atoms with E-state index in [1.807, 2.05) is 70.4 Å². The van der Waals surface area contributed by atoms with Crippen molar-refractivity contribution >= 4 is 16.8 Å². The molecule has 3 aromatic rings. The molecule has 1 aliphatic heterocycles. The highest BCUT2D eigenvalue weighted by molar-refractivity contribution is 5.78. The Morgan fingerprint density at radius 1 is 1.12 bits per heavy atom. The molecule has 1 fully saturated rings. The fourth-order valence-corrected chi connectivity index (χ4v) is 3.07. The lowest BCUT2D eigenvalue weighted by molar-refractivity contribution is -0.131. The quantitative estimate of drug-likeness (QED) is 0.742. The average molecular weight is 321 g/mol. The van der Waals surface area contributed by atoms with Gasteiger partial charge in [0.05, 0.1) is 12.1 Å². The number of fused-ring (bicyclic) bond motifs is 1. The van der Waals surface area contributed by atoms with Crippen LogP contribution in [0.15, 0.2) is 60.9 Å². The molecule has 1 aliphatic rings. The first kappa shape index (κ1) is 14.8. The van der Waals surface area contributed by atoms with E-state index in [4.69, 9.17) is 4.74 Å². The van der Waals surface area contributed by atoms with Crippen LogP contribution in [0.25, 0.3) is 10.9 Å². The van der Waals surface area contributed by atoms with E-state index in [-0.39, 0.29) is 12.0 Å². The number of aromatic nitrogens is 2. The number of amides is 1. The van der Waals surface area contributed by atoms with Gasteiger partial charge in [0.25, 0.3) is 0 Å². The maximum atomic E-state index is 12.3. The summed E-state index contributed by atoms with van der Waals surface area (Å²) in [7, 11) is 0. The first-order valence-electron chi connectivity index (χ1n) is 8.19. The number of nitrogens with zero attached hydrogens (tertiary/aromatic N) is 3. The number of hydrogen-bond acceptors (Lipinski definition) is 3. The molecular weight excluding hydrogens is 302 g/mol. The predicted molar refractivity (Wildman–Crippen MR) is 91.8 cm³/mol. The van der Waals surface area contributed by atoms with Crippen molar-refractivity contribution in [3.05, 3.63) is 60.9 Å². The van der Waals surface area contributed by atoms with Gasteiger partial charge in [-0.25, -0.2) is 4.98 Å². The minimum atomic E-state index is 0.00674. The van der Waals surface area contributed by atoms with Crippen molar-refractivity contribution in [2.75, 3.05) is 13.1 Å². The van der Waals surface area contributed by atoms with Gasteiger partial charge in [-0.05, 0) is 24.3 Å². The number of rotatable bonds is 4. The SMILES string of the molecule is O=C(Cn1cccc1)N1CC[C@H](Oc2ccc3ccccc3n2)C1. The monoisotopic (exact) mass is 321 g/mol. The zero-order valence-corrected chi connectivity index (χ0v) is 13.3. The topological polar surface area (TPSA) is 47.4 Å². The molecule has 1 amide bonds. The molecule has 24 heavy (non-hydrogen) atoms. The second-order valence-electron chi connectivity index (χ2n) is 6.07. The molecule has 0 aliphatic carbocycles. The summed E-state index contributed by atoms with van der Waals surface area (Å²) in [4.78, 5) is 18.7. The van der Waals surface area contributed by atoms with Crippen LogP contribution in [-0.2, 0) is 11.3 Å². The van der Waals surface area contributed by atoms with E-state index in [1.165, 1.54) is 0 Å². The molecule has 1 aromatic carbocycles. The maximum absolute atomic E-state index is 12.3. The summed E-state index contributed by atoms with van der Waals surface area (Å²) in [5.41, 5.74) is 0.925. The van der Waals surface area contributed by atoms with Gasteiger partial charge in [-0.3, -0.25) is 4.79 Å². The average Bonchev–Trinajstić information content (AvgIpc) is 3.27. The van der Waals surface area contributed by atoms with E-state index in [2.05, 4.69) is 4.98 Å². The van der Waals surface area contributed by atoms with E-state index >= 15 is 0 Å². The van der Waals surface area contributed by atoms with Crippen LogP contribution < -0.4 is 4.74 Å². The Morgan fingerprint density at radius 2 is 1.96 bits per heavy atom. The zero-order chi connectivity index (χ0) is 16.4. The Hall–Kier alpha value is -2.82. The van der Waals surface area contributed by atoms with E-state index in [9.17, 15) is 4.79 Å². The van der Waals surface area contributed by atoms with Crippen LogP contribution in [0.2, 0.25) is 0 Å². The van der Waals surface area contributed by atoms with Gasteiger partial charge in [-0.2, -0.15) is 0 Å². The molecular formula is C19H19N3O2. The van der Waals surface area contributed by atoms with Crippen LogP contribution in [-0.4, -0.2) is 39.6 Å². The van der Waals surface area contributed by atoms with Crippen LogP contribution in [0.3, 0.4) is 0 Å². The number of ether oxygens (including phenoxy) is 1. The summed E-state index contributed by atoms with van der Waals surface area (Å²) < 4.78 is 7.88. The van der Waals surface area contributed by atoms with Crippen molar-refractivity contribution in [1.29, 1.82) is 0 Å². The molecule has 4 rings (SSSR count). The standard InChI is InChI=1S/C19H19N3O2/c23-19(14-21-10-3-4-11-21)22-12-9-16(13-22)24-18-8-7-15-5-1-2-6-17(15)20-18/h1-8,10-11,16H,9,12-14H2/t16-/m0/s1. The van der Waals surface area contributed by atoms with Crippen molar-refractivity contribution in [2.24, 2.45) is 0 Å². The fourth-order valence-electron chi connectivity index (χ4n) is 3.07. The molecule has 0 N–H and O–H groups in total. The molecule has 0 bridgehead atoms. The lowest BCUT2D eigenvalue weighted by Gasteiger charge is -2.17. The molecule has 0 saturated carbocycles. The maximum Gasteiger partial charge on any atom is 0.242 e.